The number of epoxide rings is 5. The van der Waals surface area contributed by atoms with Crippen LogP contribution >= 0.6 is 0 Å². The lowest BCUT2D eigenvalue weighted by Crippen LogP contribution is -2.19. The van der Waals surface area contributed by atoms with E-state index in [0.29, 0.717) is 72.4 Å². The Morgan fingerprint density at radius 2 is 0.625 bits per heavy atom. The van der Waals surface area contributed by atoms with Gasteiger partial charge in [-0.15, -0.1) is 0 Å². The zero-order chi connectivity index (χ0) is 86.9. The molecule has 0 bridgehead atoms. The van der Waals surface area contributed by atoms with E-state index in [4.69, 9.17) is 47.4 Å². The lowest BCUT2D eigenvalue weighted by molar-refractivity contribution is -0.139. The topological polar surface area (TPSA) is 292 Å². The molecule has 0 radical (unpaired) electrons. The number of hydrogen-bond donors (Lipinski definition) is 4. The molecule has 5 fully saturated rings. The summed E-state index contributed by atoms with van der Waals surface area (Å²) in [5.41, 5.74) is 19.2. The van der Waals surface area contributed by atoms with Crippen molar-refractivity contribution in [2.45, 2.75) is 399 Å². The van der Waals surface area contributed by atoms with Crippen LogP contribution in [0.1, 0.15) is 297 Å². The first-order valence-corrected chi connectivity index (χ1v) is 44.6. The van der Waals surface area contributed by atoms with Gasteiger partial charge in [0.15, 0.2) is 0 Å². The molecule has 120 heavy (non-hydrogen) atoms. The molecule has 0 spiro atoms. The van der Waals surface area contributed by atoms with Crippen LogP contribution in [0.3, 0.4) is 0 Å². The number of rotatable bonds is 3. The van der Waals surface area contributed by atoms with E-state index in [1.165, 1.54) is 27.9 Å². The molecule has 20 nitrogen and oxygen atoms in total. The normalized spacial score (nSPS) is 40.1. The van der Waals surface area contributed by atoms with Crippen LogP contribution in [-0.4, -0.2) is 171 Å². The number of aldehydes is 1. The SMILES string of the molecule is CC1=C2CC(O)/C(CO)=C/CC[C@]3(C)O[C@H]3CC/C(C)=C/[C@@H]2OC1=O.CC1=C2CC/C(C)=C/CC[C@]3(C)O[C@H]3CC/C(C)=C/[C@@H]2OC1=O.CC1=C2CC/C(C=O)=C/CC[C@]3(C)O[C@H]3CC/C(C)=C/[C@@H]2OC1=O.CC1=C2CC/C(CO)=C/CC[C@]3(C)O[C@H]3CC/C(C)=C/[C@@H]2OC1=O.CC1=C2C[C@H](O)/C(C)=C/CC[C@]3(C)O[C@H]3CC/C(C)=C/[C@@H]2OC1=O. The summed E-state index contributed by atoms with van der Waals surface area (Å²) in [5.74, 6) is -1.20. The van der Waals surface area contributed by atoms with Gasteiger partial charge >= 0.3 is 29.8 Å². The van der Waals surface area contributed by atoms with Gasteiger partial charge in [0.1, 0.15) is 36.8 Å². The average Bonchev–Trinajstić information content (AvgIpc) is 1.63. The quantitative estimate of drug-likeness (QED) is 0.0671. The van der Waals surface area contributed by atoms with Crippen LogP contribution in [0.2, 0.25) is 0 Å². The van der Waals surface area contributed by atoms with Crippen LogP contribution < -0.4 is 0 Å². The summed E-state index contributed by atoms with van der Waals surface area (Å²) in [7, 11) is 0. The van der Waals surface area contributed by atoms with E-state index in [-0.39, 0.29) is 102 Å². The fraction of sp³-hybridized carbons (Fsp3) is 0.640. The summed E-state index contributed by atoms with van der Waals surface area (Å²) < 4.78 is 57.0. The van der Waals surface area contributed by atoms with Crippen molar-refractivity contribution in [2.24, 2.45) is 0 Å². The van der Waals surface area contributed by atoms with Gasteiger partial charge in [-0.1, -0.05) is 63.8 Å². The van der Waals surface area contributed by atoms with Crippen molar-refractivity contribution >= 4 is 36.1 Å². The molecule has 658 valence electrons. The Kier molecular flexibility index (Phi) is 31.3. The predicted molar refractivity (Wildman–Crippen MR) is 461 cm³/mol. The maximum Gasteiger partial charge on any atom is 0.334 e. The minimum absolute atomic E-state index is 0.0110. The van der Waals surface area contributed by atoms with E-state index in [1.807, 2.05) is 58.9 Å². The van der Waals surface area contributed by atoms with Crippen molar-refractivity contribution in [3.8, 4) is 0 Å². The lowest BCUT2D eigenvalue weighted by atomic mass is 9.91. The molecule has 5 saturated heterocycles. The zero-order valence-corrected chi connectivity index (χ0v) is 74.8. The summed E-state index contributed by atoms with van der Waals surface area (Å²) in [6, 6.07) is 0. The minimum atomic E-state index is -0.813. The molecule has 10 aliphatic heterocycles. The summed E-state index contributed by atoms with van der Waals surface area (Å²) >= 11 is 0. The highest BCUT2D eigenvalue weighted by Gasteiger charge is 2.55. The van der Waals surface area contributed by atoms with Crippen molar-refractivity contribution in [3.05, 3.63) is 172 Å². The van der Waals surface area contributed by atoms with Gasteiger partial charge in [-0.2, -0.15) is 0 Å². The van der Waals surface area contributed by atoms with E-state index in [1.54, 1.807) is 13.8 Å². The molecule has 0 aromatic carbocycles. The molecule has 15 aliphatic rings. The third-order valence-corrected chi connectivity index (χ3v) is 28.1. The number of fused-ring (bicyclic) bond motifs is 10. The van der Waals surface area contributed by atoms with Crippen LogP contribution in [-0.2, 0) is 76.1 Å². The van der Waals surface area contributed by atoms with E-state index < -0.39 is 18.3 Å². The van der Waals surface area contributed by atoms with Crippen LogP contribution in [0.4, 0.5) is 0 Å². The summed E-state index contributed by atoms with van der Waals surface area (Å²) in [6.45, 7) is 34.4. The Balaban J connectivity index is 0.000000147. The molecule has 17 atom stereocenters. The molecule has 20 heteroatoms. The first-order chi connectivity index (χ1) is 56.9. The van der Waals surface area contributed by atoms with E-state index in [2.05, 4.69) is 106 Å². The number of ether oxygens (including phenoxy) is 10. The van der Waals surface area contributed by atoms with Crippen LogP contribution in [0.25, 0.3) is 0 Å². The molecule has 0 saturated carbocycles. The van der Waals surface area contributed by atoms with Gasteiger partial charge in [0, 0.05) is 40.7 Å². The third-order valence-electron chi connectivity index (χ3n) is 28.1. The molecule has 0 aromatic rings. The fourth-order valence-corrected chi connectivity index (χ4v) is 18.6. The molecule has 15 rings (SSSR count). The van der Waals surface area contributed by atoms with Gasteiger partial charge < -0.3 is 67.8 Å². The number of esters is 5. The van der Waals surface area contributed by atoms with Crippen molar-refractivity contribution in [2.75, 3.05) is 13.2 Å². The molecule has 5 aliphatic carbocycles. The van der Waals surface area contributed by atoms with Gasteiger partial charge in [0.25, 0.3) is 0 Å². The number of carbonyl (C=O) groups excluding carboxylic acids is 6. The first kappa shape index (κ1) is 93.5. The largest absolute Gasteiger partial charge is 0.450 e. The van der Waals surface area contributed by atoms with E-state index in [9.17, 15) is 49.2 Å². The standard InChI is InChI=1S/C20H28O5.2C20H28O4.C20H26O4.C20H28O3/c1-12-6-7-18-20(3,25-18)8-4-5-14(11-21)16(22)10-15-13(2)19(23)24-17(15)9-12;1-12-7-8-18-20(4,24-18)9-5-6-13(2)16(21)11-15-14(3)19(22)23-17(15)10-12;2*1-13-6-9-18-20(3,24-18)10-4-5-15(12-21)7-8-16-14(2)19(22)23-17(16)11-13;1-13-6-5-11-20(4)18(23-20)10-8-14(2)12-17-16(9-7-13)15(3)19(21)22-17/h5,9,16-18,21-22H,4,6-8,10-11H2,1-3H3;6,10,16-18,21H,5,7-9,11H2,1-4H3;5,11,17-18,21H,4,6-10,12H2,1-3H3;5,11-12,17-18H,4,6-10H2,1-3H3;6,12,17-18H,5,7-11H2,1-4H3/b12-9+,14-5+;12-10+,13-6+;2*13-11+,15-5-;13-6+,14-12+/t16?,17-,18-,20-;16-,17-,18-,20-;3*17-,18-,20-/m00000/s1. The Morgan fingerprint density at radius 3 is 0.967 bits per heavy atom. The molecule has 0 aromatic heterocycles. The zero-order valence-electron chi connectivity index (χ0n) is 74.8. The van der Waals surface area contributed by atoms with Crippen molar-refractivity contribution in [1.82, 2.24) is 0 Å². The van der Waals surface area contributed by atoms with E-state index >= 15 is 0 Å². The first-order valence-electron chi connectivity index (χ1n) is 44.6. The monoisotopic (exact) mass is 1660 g/mol. The maximum atomic E-state index is 12.0. The maximum absolute atomic E-state index is 12.0. The smallest absolute Gasteiger partial charge is 0.334 e. The second kappa shape index (κ2) is 40.2. The van der Waals surface area contributed by atoms with Crippen LogP contribution in [0.15, 0.2) is 172 Å². The summed E-state index contributed by atoms with van der Waals surface area (Å²) in [6.07, 6.45) is 45.1. The van der Waals surface area contributed by atoms with Crippen molar-refractivity contribution in [1.29, 1.82) is 0 Å². The van der Waals surface area contributed by atoms with Gasteiger partial charge in [-0.3, -0.25) is 4.79 Å². The van der Waals surface area contributed by atoms with Crippen LogP contribution in [0, 0.1) is 0 Å². The second-order valence-electron chi connectivity index (χ2n) is 37.7. The average molecular weight is 1660 g/mol. The molecule has 1 unspecified atom stereocenters. The predicted octanol–water partition coefficient (Wildman–Crippen LogP) is 18.2. The van der Waals surface area contributed by atoms with E-state index in [0.717, 1.165) is 222 Å². The van der Waals surface area contributed by atoms with Crippen LogP contribution in [0.5, 0.6) is 0 Å². The Bertz CT molecular complexity index is 4360. The van der Waals surface area contributed by atoms with Gasteiger partial charge in [0.2, 0.25) is 0 Å². The van der Waals surface area contributed by atoms with Gasteiger partial charge in [0.05, 0.1) is 83.9 Å². The van der Waals surface area contributed by atoms with Gasteiger partial charge in [-0.25, -0.2) is 24.0 Å². The van der Waals surface area contributed by atoms with Crippen molar-refractivity contribution in [3.63, 3.8) is 0 Å². The number of aliphatic hydroxyl groups is 4. The number of hydrogen-bond acceptors (Lipinski definition) is 20. The Hall–Kier alpha value is -7.24. The summed E-state index contributed by atoms with van der Waals surface area (Å²) in [4.78, 5) is 71.1. The molecule has 0 amide bonds. The minimum Gasteiger partial charge on any atom is -0.450 e. The van der Waals surface area contributed by atoms with Gasteiger partial charge in [-0.05, 0) is 365 Å². The number of aliphatic hydroxyl groups excluding tert-OH is 4. The number of allylic oxidation sites excluding steroid dienone is 12. The molecular formula is C100H138O20. The number of carbonyl (C=O) groups is 6. The fourth-order valence-electron chi connectivity index (χ4n) is 18.6. The second-order valence-corrected chi connectivity index (χ2v) is 37.7. The Morgan fingerprint density at radius 1 is 0.333 bits per heavy atom. The summed E-state index contributed by atoms with van der Waals surface area (Å²) in [5, 5.41) is 40.3. The molecule has 4 N–H and O–H groups in total. The van der Waals surface area contributed by atoms with Crippen molar-refractivity contribution < 1.29 is 96.6 Å². The highest BCUT2D eigenvalue weighted by molar-refractivity contribution is 5.94. The third kappa shape index (κ3) is 24.2. The highest BCUT2D eigenvalue weighted by Crippen LogP contribution is 2.50. The Labute approximate surface area is 713 Å². The molecule has 10 heterocycles. The lowest BCUT2D eigenvalue weighted by Gasteiger charge is -2.18. The molecular weight excluding hydrogens is 1520 g/mol. The highest BCUT2D eigenvalue weighted by atomic mass is 16.6.